The molecular weight excluding hydrogens is 402 g/mol. The molecule has 0 saturated carbocycles. The number of nitrogens with zero attached hydrogens (tertiary/aromatic N) is 2. The Balaban J connectivity index is 1.64. The van der Waals surface area contributed by atoms with Gasteiger partial charge in [-0.3, -0.25) is 4.79 Å². The summed E-state index contributed by atoms with van der Waals surface area (Å²) in [6.07, 6.45) is 0.561. The summed E-state index contributed by atoms with van der Waals surface area (Å²) in [4.78, 5) is 17.7. The molecule has 0 saturated heterocycles. The number of ether oxygens (including phenoxy) is 2. The maximum Gasteiger partial charge on any atom is 0.244 e. The van der Waals surface area contributed by atoms with Crippen LogP contribution in [-0.4, -0.2) is 29.7 Å². The molecule has 6 heteroatoms. The zero-order valence-corrected chi connectivity index (χ0v) is 18.8. The molecule has 6 nitrogen and oxygen atoms in total. The Kier molecular flexibility index (Phi) is 6.12. The van der Waals surface area contributed by atoms with Gasteiger partial charge < -0.3 is 19.4 Å². The molecule has 1 heterocycles. The molecule has 0 fully saturated rings. The van der Waals surface area contributed by atoms with Crippen LogP contribution >= 0.6 is 0 Å². The van der Waals surface area contributed by atoms with E-state index in [1.54, 1.807) is 14.2 Å². The Morgan fingerprint density at radius 2 is 1.66 bits per heavy atom. The molecule has 1 N–H and O–H groups in total. The van der Waals surface area contributed by atoms with Gasteiger partial charge in [0.05, 0.1) is 25.3 Å². The standard InChI is InChI=1S/C26H27N3O3/c1-17-11-18(2)13-20(12-17)27-26(30)16-29-22-8-6-5-7-21(22)28-25(29)15-19-9-10-23(31-3)24(14-19)32-4/h5-14H,15-16H2,1-4H3,(H,27,30). The van der Waals surface area contributed by atoms with E-state index in [0.717, 1.165) is 39.2 Å². The molecule has 164 valence electrons. The van der Waals surface area contributed by atoms with E-state index in [1.807, 2.05) is 73.0 Å². The summed E-state index contributed by atoms with van der Waals surface area (Å²) in [6.45, 7) is 4.22. The molecule has 0 aliphatic heterocycles. The molecule has 1 amide bonds. The van der Waals surface area contributed by atoms with Gasteiger partial charge in [-0.05, 0) is 66.9 Å². The first-order valence-electron chi connectivity index (χ1n) is 10.5. The van der Waals surface area contributed by atoms with Crippen molar-refractivity contribution in [3.63, 3.8) is 0 Å². The summed E-state index contributed by atoms with van der Waals surface area (Å²) in [5.41, 5.74) is 5.85. The zero-order valence-electron chi connectivity index (χ0n) is 18.8. The van der Waals surface area contributed by atoms with Crippen LogP contribution in [-0.2, 0) is 17.8 Å². The van der Waals surface area contributed by atoms with Crippen LogP contribution in [0.15, 0.2) is 60.7 Å². The average molecular weight is 430 g/mol. The zero-order chi connectivity index (χ0) is 22.7. The monoisotopic (exact) mass is 429 g/mol. The first-order valence-corrected chi connectivity index (χ1v) is 10.5. The molecule has 0 bridgehead atoms. The molecule has 4 aromatic rings. The average Bonchev–Trinajstić information content (AvgIpc) is 3.09. The lowest BCUT2D eigenvalue weighted by Crippen LogP contribution is -2.20. The second-order valence-electron chi connectivity index (χ2n) is 7.89. The van der Waals surface area contributed by atoms with Crippen molar-refractivity contribution >= 4 is 22.6 Å². The van der Waals surface area contributed by atoms with Gasteiger partial charge in [0.25, 0.3) is 0 Å². The third-order valence-electron chi connectivity index (χ3n) is 5.35. The van der Waals surface area contributed by atoms with E-state index < -0.39 is 0 Å². The molecule has 0 spiro atoms. The Bertz CT molecular complexity index is 1260. The predicted molar refractivity (Wildman–Crippen MR) is 127 cm³/mol. The smallest absolute Gasteiger partial charge is 0.244 e. The molecule has 0 aliphatic rings. The number of hydrogen-bond donors (Lipinski definition) is 1. The lowest BCUT2D eigenvalue weighted by atomic mass is 10.1. The Hall–Kier alpha value is -3.80. The number of para-hydroxylation sites is 2. The molecule has 32 heavy (non-hydrogen) atoms. The quantitative estimate of drug-likeness (QED) is 0.454. The Morgan fingerprint density at radius 1 is 0.938 bits per heavy atom. The van der Waals surface area contributed by atoms with Gasteiger partial charge in [-0.2, -0.15) is 0 Å². The third-order valence-corrected chi connectivity index (χ3v) is 5.35. The van der Waals surface area contributed by atoms with Crippen LogP contribution in [0, 0.1) is 13.8 Å². The number of methoxy groups -OCH3 is 2. The first kappa shape index (κ1) is 21.4. The highest BCUT2D eigenvalue weighted by Crippen LogP contribution is 2.29. The predicted octanol–water partition coefficient (Wildman–Crippen LogP) is 4.90. The van der Waals surface area contributed by atoms with Crippen LogP contribution < -0.4 is 14.8 Å². The molecule has 1 aromatic heterocycles. The van der Waals surface area contributed by atoms with Gasteiger partial charge in [-0.25, -0.2) is 4.98 Å². The SMILES string of the molecule is COc1ccc(Cc2nc3ccccc3n2CC(=O)Nc2cc(C)cc(C)c2)cc1OC. The number of rotatable bonds is 7. The van der Waals surface area contributed by atoms with Gasteiger partial charge in [0.15, 0.2) is 11.5 Å². The van der Waals surface area contributed by atoms with Crippen molar-refractivity contribution in [2.75, 3.05) is 19.5 Å². The summed E-state index contributed by atoms with van der Waals surface area (Å²) in [7, 11) is 3.24. The Morgan fingerprint density at radius 3 is 2.38 bits per heavy atom. The normalized spacial score (nSPS) is 10.9. The van der Waals surface area contributed by atoms with Gasteiger partial charge in [-0.15, -0.1) is 0 Å². The van der Waals surface area contributed by atoms with E-state index >= 15 is 0 Å². The summed E-state index contributed by atoms with van der Waals surface area (Å²) >= 11 is 0. The lowest BCUT2D eigenvalue weighted by molar-refractivity contribution is -0.116. The fourth-order valence-corrected chi connectivity index (χ4v) is 4.00. The van der Waals surface area contributed by atoms with Crippen LogP contribution in [0.4, 0.5) is 5.69 Å². The summed E-state index contributed by atoms with van der Waals surface area (Å²) < 4.78 is 12.8. The molecular formula is C26H27N3O3. The number of fused-ring (bicyclic) bond motifs is 1. The fraction of sp³-hybridized carbons (Fsp3) is 0.231. The number of amides is 1. The fourth-order valence-electron chi connectivity index (χ4n) is 4.00. The second-order valence-corrected chi connectivity index (χ2v) is 7.89. The number of carbonyl (C=O) groups excluding carboxylic acids is 1. The van der Waals surface area contributed by atoms with E-state index in [2.05, 4.69) is 11.4 Å². The number of imidazole rings is 1. The summed E-state index contributed by atoms with van der Waals surface area (Å²) in [6, 6.07) is 19.7. The van der Waals surface area contributed by atoms with E-state index in [9.17, 15) is 4.79 Å². The van der Waals surface area contributed by atoms with Crippen molar-refractivity contribution in [2.45, 2.75) is 26.8 Å². The minimum atomic E-state index is -0.0910. The number of aromatic nitrogens is 2. The van der Waals surface area contributed by atoms with Gasteiger partial charge in [0.1, 0.15) is 12.4 Å². The first-order chi connectivity index (χ1) is 15.5. The minimum Gasteiger partial charge on any atom is -0.493 e. The van der Waals surface area contributed by atoms with Crippen molar-refractivity contribution in [1.29, 1.82) is 0 Å². The number of benzene rings is 3. The van der Waals surface area contributed by atoms with Crippen molar-refractivity contribution < 1.29 is 14.3 Å². The van der Waals surface area contributed by atoms with Crippen molar-refractivity contribution in [3.05, 3.63) is 83.2 Å². The largest absolute Gasteiger partial charge is 0.493 e. The number of nitrogens with one attached hydrogen (secondary N) is 1. The van der Waals surface area contributed by atoms with E-state index in [1.165, 1.54) is 0 Å². The van der Waals surface area contributed by atoms with Crippen LogP contribution in [0.25, 0.3) is 11.0 Å². The highest BCUT2D eigenvalue weighted by Gasteiger charge is 2.15. The maximum absolute atomic E-state index is 12.9. The van der Waals surface area contributed by atoms with Crippen LogP contribution in [0.1, 0.15) is 22.5 Å². The third kappa shape index (κ3) is 4.59. The van der Waals surface area contributed by atoms with Gasteiger partial charge in [-0.1, -0.05) is 24.3 Å². The van der Waals surface area contributed by atoms with Crippen LogP contribution in [0.3, 0.4) is 0 Å². The van der Waals surface area contributed by atoms with Crippen LogP contribution in [0.2, 0.25) is 0 Å². The van der Waals surface area contributed by atoms with E-state index in [-0.39, 0.29) is 12.5 Å². The number of aryl methyl sites for hydroxylation is 2. The van der Waals surface area contributed by atoms with E-state index in [4.69, 9.17) is 14.5 Å². The number of anilines is 1. The lowest BCUT2D eigenvalue weighted by Gasteiger charge is -2.12. The topological polar surface area (TPSA) is 65.4 Å². The van der Waals surface area contributed by atoms with Crippen molar-refractivity contribution in [3.8, 4) is 11.5 Å². The minimum absolute atomic E-state index is 0.0910. The molecule has 0 atom stereocenters. The molecule has 0 radical (unpaired) electrons. The summed E-state index contributed by atoms with van der Waals surface area (Å²) in [5.74, 6) is 2.07. The second kappa shape index (κ2) is 9.14. The molecule has 0 aliphatic carbocycles. The number of carbonyl (C=O) groups is 1. The van der Waals surface area contributed by atoms with Crippen molar-refractivity contribution in [1.82, 2.24) is 9.55 Å². The summed E-state index contributed by atoms with van der Waals surface area (Å²) in [5, 5.41) is 3.03. The maximum atomic E-state index is 12.9. The van der Waals surface area contributed by atoms with Gasteiger partial charge in [0.2, 0.25) is 5.91 Å². The van der Waals surface area contributed by atoms with Gasteiger partial charge in [0, 0.05) is 12.1 Å². The molecule has 3 aromatic carbocycles. The highest BCUT2D eigenvalue weighted by molar-refractivity contribution is 5.92. The van der Waals surface area contributed by atoms with Gasteiger partial charge >= 0.3 is 0 Å². The van der Waals surface area contributed by atoms with Crippen LogP contribution in [0.5, 0.6) is 11.5 Å². The van der Waals surface area contributed by atoms with E-state index in [0.29, 0.717) is 17.9 Å². The Labute approximate surface area is 187 Å². The van der Waals surface area contributed by atoms with Crippen molar-refractivity contribution in [2.24, 2.45) is 0 Å². The molecule has 4 rings (SSSR count). The highest BCUT2D eigenvalue weighted by atomic mass is 16.5. The molecule has 0 unspecified atom stereocenters. The number of hydrogen-bond acceptors (Lipinski definition) is 4.